The van der Waals surface area contributed by atoms with Crippen LogP contribution in [0.25, 0.3) is 11.5 Å². The average Bonchev–Trinajstić information content (AvgIpc) is 3.25. The van der Waals surface area contributed by atoms with Crippen LogP contribution < -0.4 is 14.2 Å². The van der Waals surface area contributed by atoms with Gasteiger partial charge in [0.25, 0.3) is 0 Å². The van der Waals surface area contributed by atoms with E-state index in [-0.39, 0.29) is 29.8 Å². The van der Waals surface area contributed by atoms with Crippen molar-refractivity contribution in [1.82, 2.24) is 4.98 Å². The van der Waals surface area contributed by atoms with Gasteiger partial charge in [-0.3, -0.25) is 4.79 Å². The summed E-state index contributed by atoms with van der Waals surface area (Å²) < 4.78 is 51.4. The van der Waals surface area contributed by atoms with Crippen LogP contribution in [0.2, 0.25) is 0 Å². The van der Waals surface area contributed by atoms with Gasteiger partial charge in [0.1, 0.15) is 11.5 Å². The Morgan fingerprint density at radius 2 is 1.94 bits per heavy atom. The Bertz CT molecular complexity index is 1110. The van der Waals surface area contributed by atoms with E-state index in [1.165, 1.54) is 19.2 Å². The van der Waals surface area contributed by atoms with Crippen molar-refractivity contribution in [2.75, 3.05) is 13.7 Å². The van der Waals surface area contributed by atoms with Crippen LogP contribution in [0.4, 0.5) is 8.78 Å². The van der Waals surface area contributed by atoms with Gasteiger partial charge in [-0.25, -0.2) is 4.98 Å². The second-order valence-electron chi connectivity index (χ2n) is 6.85. The third kappa shape index (κ3) is 4.76. The van der Waals surface area contributed by atoms with Crippen LogP contribution in [0.15, 0.2) is 46.9 Å². The number of hydrogen-bond acceptors (Lipinski definition) is 7. The number of methoxy groups -OCH3 is 1. The quantitative estimate of drug-likeness (QED) is 0.516. The Labute approximate surface area is 176 Å². The van der Waals surface area contributed by atoms with Crippen LogP contribution in [-0.2, 0) is 22.4 Å². The zero-order valence-electron chi connectivity index (χ0n) is 16.8. The lowest BCUT2D eigenvalue weighted by molar-refractivity contribution is -0.286. The predicted molar refractivity (Wildman–Crippen MR) is 104 cm³/mol. The molecule has 7 nitrogen and oxygen atoms in total. The lowest BCUT2D eigenvalue weighted by Crippen LogP contribution is -2.25. The monoisotopic (exact) mass is 431 g/mol. The van der Waals surface area contributed by atoms with Crippen molar-refractivity contribution in [3.63, 3.8) is 0 Å². The molecule has 0 saturated carbocycles. The molecule has 3 aromatic rings. The Balaban J connectivity index is 1.40. The molecule has 0 N–H and O–H groups in total. The largest absolute Gasteiger partial charge is 0.586 e. The minimum absolute atomic E-state index is 0.0416. The van der Waals surface area contributed by atoms with Crippen LogP contribution in [0.3, 0.4) is 0 Å². The van der Waals surface area contributed by atoms with Crippen molar-refractivity contribution in [3.8, 4) is 28.7 Å². The number of ether oxygens (including phenoxy) is 4. The van der Waals surface area contributed by atoms with Crippen molar-refractivity contribution in [3.05, 3.63) is 59.5 Å². The highest BCUT2D eigenvalue weighted by molar-refractivity contribution is 5.72. The normalized spacial score (nSPS) is 13.8. The van der Waals surface area contributed by atoms with Crippen LogP contribution >= 0.6 is 0 Å². The molecule has 0 unspecified atom stereocenters. The first kappa shape index (κ1) is 20.6. The lowest BCUT2D eigenvalue weighted by Gasteiger charge is -2.07. The summed E-state index contributed by atoms with van der Waals surface area (Å²) >= 11 is 0. The number of hydrogen-bond donors (Lipinski definition) is 0. The number of aromatic nitrogens is 1. The molecule has 1 aliphatic heterocycles. The number of fused-ring (bicyclic) bond motifs is 1. The van der Waals surface area contributed by atoms with Crippen molar-refractivity contribution in [1.29, 1.82) is 0 Å². The van der Waals surface area contributed by atoms with E-state index in [0.717, 1.165) is 5.56 Å². The molecule has 4 rings (SSSR count). The Morgan fingerprint density at radius 1 is 1.13 bits per heavy atom. The minimum Gasteiger partial charge on any atom is -0.493 e. The molecule has 0 amide bonds. The summed E-state index contributed by atoms with van der Waals surface area (Å²) in [5.74, 6) is 1.07. The van der Waals surface area contributed by atoms with Gasteiger partial charge < -0.3 is 23.4 Å². The average molecular weight is 431 g/mol. The summed E-state index contributed by atoms with van der Waals surface area (Å²) in [5, 5.41) is 0. The number of nitrogens with zero attached hydrogens (tertiary/aromatic N) is 1. The molecule has 1 aliphatic rings. The number of esters is 1. The van der Waals surface area contributed by atoms with E-state index in [9.17, 15) is 13.6 Å². The third-order valence-corrected chi connectivity index (χ3v) is 4.62. The van der Waals surface area contributed by atoms with Crippen LogP contribution in [0, 0.1) is 6.92 Å². The number of benzene rings is 2. The highest BCUT2D eigenvalue weighted by Crippen LogP contribution is 2.42. The molecule has 0 saturated heterocycles. The molecule has 9 heteroatoms. The second kappa shape index (κ2) is 8.25. The number of rotatable bonds is 7. The highest BCUT2D eigenvalue weighted by Gasteiger charge is 2.43. The third-order valence-electron chi connectivity index (χ3n) is 4.62. The number of carbonyl (C=O) groups excluding carboxylic acids is 1. The van der Waals surface area contributed by atoms with Gasteiger partial charge in [0, 0.05) is 12.0 Å². The van der Waals surface area contributed by atoms with Gasteiger partial charge >= 0.3 is 12.3 Å². The standard InChI is InChI=1S/C22H19F2NO6/c1-13-17(8-9-28-16-5-3-4-14(10-16)11-20(26)27-2)25-21(29-13)15-6-7-18-19(12-15)31-22(23,24)30-18/h3-7,10,12H,8-9,11H2,1-2H3. The first-order valence-electron chi connectivity index (χ1n) is 9.48. The minimum atomic E-state index is -3.68. The topological polar surface area (TPSA) is 80.0 Å². The van der Waals surface area contributed by atoms with E-state index in [4.69, 9.17) is 9.15 Å². The second-order valence-corrected chi connectivity index (χ2v) is 6.85. The summed E-state index contributed by atoms with van der Waals surface area (Å²) in [5.41, 5.74) is 1.96. The fourth-order valence-electron chi connectivity index (χ4n) is 3.12. The number of aryl methyl sites for hydroxylation is 1. The molecule has 1 aromatic heterocycles. The molecule has 0 spiro atoms. The summed E-state index contributed by atoms with van der Waals surface area (Å²) in [4.78, 5) is 15.9. The number of oxazole rings is 1. The fraction of sp³-hybridized carbons (Fsp3) is 0.273. The number of alkyl halides is 2. The van der Waals surface area contributed by atoms with Gasteiger partial charge in [-0.2, -0.15) is 0 Å². The van der Waals surface area contributed by atoms with Gasteiger partial charge in [0.15, 0.2) is 11.5 Å². The van der Waals surface area contributed by atoms with Gasteiger partial charge in [0.2, 0.25) is 5.89 Å². The molecule has 0 fully saturated rings. The Kier molecular flexibility index (Phi) is 5.50. The SMILES string of the molecule is COC(=O)Cc1cccc(OCCc2nc(-c3ccc4c(c3)OC(F)(F)O4)oc2C)c1. The van der Waals surface area contributed by atoms with Gasteiger partial charge in [0.05, 0.1) is 25.8 Å². The van der Waals surface area contributed by atoms with E-state index in [1.54, 1.807) is 31.2 Å². The van der Waals surface area contributed by atoms with Crippen molar-refractivity contribution < 1.29 is 36.9 Å². The van der Waals surface area contributed by atoms with E-state index in [2.05, 4.69) is 19.2 Å². The van der Waals surface area contributed by atoms with Crippen molar-refractivity contribution in [2.24, 2.45) is 0 Å². The zero-order valence-corrected chi connectivity index (χ0v) is 16.8. The maximum Gasteiger partial charge on any atom is 0.586 e. The summed E-state index contributed by atoms with van der Waals surface area (Å²) in [7, 11) is 1.34. The van der Waals surface area contributed by atoms with Crippen molar-refractivity contribution in [2.45, 2.75) is 26.1 Å². The first-order chi connectivity index (χ1) is 14.8. The Morgan fingerprint density at radius 3 is 2.74 bits per heavy atom. The number of halogens is 2. The maximum atomic E-state index is 13.2. The molecule has 0 aliphatic carbocycles. The van der Waals surface area contributed by atoms with Crippen LogP contribution in [0.5, 0.6) is 17.2 Å². The summed E-state index contributed by atoms with van der Waals surface area (Å²) in [6, 6.07) is 11.5. The smallest absolute Gasteiger partial charge is 0.493 e. The molecule has 0 bridgehead atoms. The van der Waals surface area contributed by atoms with Crippen LogP contribution in [0.1, 0.15) is 17.0 Å². The fourth-order valence-corrected chi connectivity index (χ4v) is 3.12. The van der Waals surface area contributed by atoms with Gasteiger partial charge in [-0.15, -0.1) is 8.78 Å². The zero-order chi connectivity index (χ0) is 22.0. The molecule has 0 atom stereocenters. The summed E-state index contributed by atoms with van der Waals surface area (Å²) in [6.07, 6.45) is -3.04. The molecular weight excluding hydrogens is 412 g/mol. The molecule has 2 heterocycles. The van der Waals surface area contributed by atoms with E-state index >= 15 is 0 Å². The van der Waals surface area contributed by atoms with Crippen LogP contribution in [-0.4, -0.2) is 31.0 Å². The molecule has 162 valence electrons. The van der Waals surface area contributed by atoms with E-state index in [1.807, 2.05) is 6.07 Å². The number of carbonyl (C=O) groups is 1. The van der Waals surface area contributed by atoms with E-state index < -0.39 is 6.29 Å². The summed E-state index contributed by atoms with van der Waals surface area (Å²) in [6.45, 7) is 2.10. The molecule has 2 aromatic carbocycles. The predicted octanol–water partition coefficient (Wildman–Crippen LogP) is 4.31. The molecule has 0 radical (unpaired) electrons. The molecular formula is C22H19F2NO6. The lowest BCUT2D eigenvalue weighted by atomic mass is 10.1. The van der Waals surface area contributed by atoms with Crippen molar-refractivity contribution >= 4 is 5.97 Å². The van der Waals surface area contributed by atoms with Gasteiger partial charge in [-0.05, 0) is 42.8 Å². The molecule has 31 heavy (non-hydrogen) atoms. The highest BCUT2D eigenvalue weighted by atomic mass is 19.3. The van der Waals surface area contributed by atoms with E-state index in [0.29, 0.717) is 35.8 Å². The Hall–Kier alpha value is -3.62. The first-order valence-corrected chi connectivity index (χ1v) is 9.48. The maximum absolute atomic E-state index is 13.2. The van der Waals surface area contributed by atoms with Gasteiger partial charge in [-0.1, -0.05) is 12.1 Å².